The number of carbonyl (C=O) groups excluding carboxylic acids is 1. The van der Waals surface area contributed by atoms with Gasteiger partial charge in [-0.3, -0.25) is 4.79 Å². The van der Waals surface area contributed by atoms with Crippen LogP contribution < -0.4 is 0 Å². The summed E-state index contributed by atoms with van der Waals surface area (Å²) >= 11 is 14.2. The van der Waals surface area contributed by atoms with E-state index in [9.17, 15) is 9.90 Å². The van der Waals surface area contributed by atoms with E-state index in [0.717, 1.165) is 53.8 Å². The first-order chi connectivity index (χ1) is 20.1. The molecule has 1 saturated carbocycles. The Bertz CT molecular complexity index is 1600. The molecular weight excluding hydrogens is 589 g/mol. The summed E-state index contributed by atoms with van der Waals surface area (Å²) in [5, 5.41) is 11.4. The van der Waals surface area contributed by atoms with Crippen molar-refractivity contribution in [3.63, 3.8) is 0 Å². The lowest BCUT2D eigenvalue weighted by Crippen LogP contribution is -2.18. The summed E-state index contributed by atoms with van der Waals surface area (Å²) in [7, 11) is 1.46. The van der Waals surface area contributed by atoms with Gasteiger partial charge in [0.05, 0.1) is 24.8 Å². The number of aliphatic hydroxyl groups is 1. The van der Waals surface area contributed by atoms with Gasteiger partial charge in [0, 0.05) is 11.0 Å². The molecule has 0 bridgehead atoms. The van der Waals surface area contributed by atoms with Crippen molar-refractivity contribution in [2.24, 2.45) is 5.41 Å². The molecule has 8 heteroatoms. The molecule has 1 aliphatic rings. The van der Waals surface area contributed by atoms with E-state index in [4.69, 9.17) is 32.4 Å². The van der Waals surface area contributed by atoms with Crippen molar-refractivity contribution in [1.82, 2.24) is 4.98 Å². The number of aromatic nitrogens is 1. The molecule has 0 radical (unpaired) electrons. The van der Waals surface area contributed by atoms with Crippen LogP contribution in [0.4, 0.5) is 0 Å². The van der Waals surface area contributed by atoms with Gasteiger partial charge in [0.2, 0.25) is 5.22 Å². The number of nitrogens with zero attached hydrogens (tertiary/aromatic N) is 1. The molecule has 0 saturated heterocycles. The molecule has 220 valence electrons. The lowest BCUT2D eigenvalue weighted by Gasteiger charge is -2.24. The SMILES string of the molecule is COC(=O)CC1(CSC(CCc2ccccc2C(C)(C)O)c2cccc(C=Cc3ccc4oc(Cl)c(Cl)c4n3)c2)CC1. The summed E-state index contributed by atoms with van der Waals surface area (Å²) in [6.07, 6.45) is 8.30. The number of pyridine rings is 1. The zero-order valence-electron chi connectivity index (χ0n) is 24.0. The molecule has 4 aromatic rings. The van der Waals surface area contributed by atoms with E-state index in [2.05, 4.69) is 35.3 Å². The molecule has 2 heterocycles. The number of methoxy groups -OCH3 is 1. The van der Waals surface area contributed by atoms with Crippen LogP contribution in [0.3, 0.4) is 0 Å². The number of hydrogen-bond acceptors (Lipinski definition) is 6. The standard InChI is InChI=1S/C34H35Cl2NO4S/c1-33(2,39)26-10-5-4-8-23(26)12-16-28(42-21-34(17-18-34)20-29(38)40-3)24-9-6-7-22(19-24)11-13-25-14-15-27-31(37-25)30(35)32(36)41-27/h4-11,13-15,19,28,39H,12,16-18,20-21H2,1-3H3. The number of hydrogen-bond donors (Lipinski definition) is 1. The number of aryl methyl sites for hydroxylation is 1. The van der Waals surface area contributed by atoms with Gasteiger partial charge in [-0.25, -0.2) is 4.98 Å². The van der Waals surface area contributed by atoms with E-state index in [-0.39, 0.29) is 21.9 Å². The largest absolute Gasteiger partial charge is 0.469 e. The Labute approximate surface area is 261 Å². The van der Waals surface area contributed by atoms with E-state index >= 15 is 0 Å². The summed E-state index contributed by atoms with van der Waals surface area (Å²) < 4.78 is 10.4. The van der Waals surface area contributed by atoms with Gasteiger partial charge < -0.3 is 14.3 Å². The second-order valence-electron chi connectivity index (χ2n) is 11.6. The van der Waals surface area contributed by atoms with Gasteiger partial charge in [0.15, 0.2) is 5.58 Å². The number of rotatable bonds is 12. The highest BCUT2D eigenvalue weighted by Crippen LogP contribution is 2.53. The molecule has 2 aromatic heterocycles. The van der Waals surface area contributed by atoms with Crippen molar-refractivity contribution in [2.45, 2.75) is 56.8 Å². The highest BCUT2D eigenvalue weighted by Gasteiger charge is 2.45. The molecule has 2 aromatic carbocycles. The normalized spacial score (nSPS) is 15.3. The molecule has 0 spiro atoms. The van der Waals surface area contributed by atoms with Crippen molar-refractivity contribution in [3.05, 3.63) is 98.9 Å². The first-order valence-electron chi connectivity index (χ1n) is 14.1. The van der Waals surface area contributed by atoms with Crippen LogP contribution in [0.25, 0.3) is 23.3 Å². The third kappa shape index (κ3) is 7.41. The van der Waals surface area contributed by atoms with Gasteiger partial charge >= 0.3 is 5.97 Å². The fourth-order valence-corrected chi connectivity index (χ4v) is 7.16. The van der Waals surface area contributed by atoms with Crippen molar-refractivity contribution >= 4 is 64.2 Å². The van der Waals surface area contributed by atoms with E-state index in [1.54, 1.807) is 0 Å². The van der Waals surface area contributed by atoms with E-state index < -0.39 is 5.60 Å². The maximum absolute atomic E-state index is 12.1. The van der Waals surface area contributed by atoms with Crippen molar-refractivity contribution in [2.75, 3.05) is 12.9 Å². The molecule has 1 atom stereocenters. The average Bonchev–Trinajstić information content (AvgIpc) is 3.68. The van der Waals surface area contributed by atoms with Crippen LogP contribution >= 0.6 is 35.0 Å². The number of esters is 1. The zero-order valence-corrected chi connectivity index (χ0v) is 26.4. The molecule has 1 unspecified atom stereocenters. The van der Waals surface area contributed by atoms with Gasteiger partial charge in [0.25, 0.3) is 0 Å². The minimum Gasteiger partial charge on any atom is -0.469 e. The van der Waals surface area contributed by atoms with Crippen molar-refractivity contribution in [3.8, 4) is 0 Å². The number of carbonyl (C=O) groups is 1. The number of thioether (sulfide) groups is 1. The Morgan fingerprint density at radius 2 is 1.93 bits per heavy atom. The minimum atomic E-state index is -0.911. The topological polar surface area (TPSA) is 72.6 Å². The van der Waals surface area contributed by atoms with Gasteiger partial charge in [0.1, 0.15) is 10.5 Å². The second kappa shape index (κ2) is 12.8. The van der Waals surface area contributed by atoms with Crippen LogP contribution in [-0.4, -0.2) is 28.9 Å². The van der Waals surface area contributed by atoms with Gasteiger partial charge in [-0.05, 0) is 97.0 Å². The highest BCUT2D eigenvalue weighted by atomic mass is 35.5. The minimum absolute atomic E-state index is 0.0279. The number of fused-ring (bicyclic) bond motifs is 1. The third-order valence-electron chi connectivity index (χ3n) is 7.84. The average molecular weight is 625 g/mol. The van der Waals surface area contributed by atoms with Crippen molar-refractivity contribution < 1.29 is 19.1 Å². The lowest BCUT2D eigenvalue weighted by atomic mass is 9.90. The number of ether oxygens (including phenoxy) is 1. The summed E-state index contributed by atoms with van der Waals surface area (Å²) in [6, 6.07) is 20.4. The highest BCUT2D eigenvalue weighted by molar-refractivity contribution is 7.99. The van der Waals surface area contributed by atoms with Crippen LogP contribution in [0, 0.1) is 5.41 Å². The molecule has 42 heavy (non-hydrogen) atoms. The summed E-state index contributed by atoms with van der Waals surface area (Å²) in [5.74, 6) is 0.763. The first kappa shape index (κ1) is 30.7. The van der Waals surface area contributed by atoms with Gasteiger partial charge in [-0.15, -0.1) is 0 Å². The number of halogens is 2. The second-order valence-corrected chi connectivity index (χ2v) is 13.5. The Morgan fingerprint density at radius 1 is 1.14 bits per heavy atom. The Hall–Kier alpha value is -2.77. The lowest BCUT2D eigenvalue weighted by molar-refractivity contribution is -0.141. The Morgan fingerprint density at radius 3 is 2.67 bits per heavy atom. The quantitative estimate of drug-likeness (QED) is 0.158. The van der Waals surface area contributed by atoms with Gasteiger partial charge in [-0.2, -0.15) is 11.8 Å². The fraction of sp³-hybridized carbons (Fsp3) is 0.353. The maximum Gasteiger partial charge on any atom is 0.306 e. The third-order valence-corrected chi connectivity index (χ3v) is 10.2. The monoisotopic (exact) mass is 623 g/mol. The van der Waals surface area contributed by atoms with Crippen LogP contribution in [0.15, 0.2) is 65.1 Å². The van der Waals surface area contributed by atoms with E-state index in [1.165, 1.54) is 12.7 Å². The molecule has 1 aliphatic carbocycles. The molecule has 5 nitrogen and oxygen atoms in total. The molecular formula is C34H35Cl2NO4S. The van der Waals surface area contributed by atoms with Crippen LogP contribution in [0.5, 0.6) is 0 Å². The smallest absolute Gasteiger partial charge is 0.306 e. The molecule has 1 N–H and O–H groups in total. The van der Waals surface area contributed by atoms with E-state index in [1.807, 2.05) is 68.1 Å². The zero-order chi connectivity index (χ0) is 29.9. The predicted octanol–water partition coefficient (Wildman–Crippen LogP) is 9.28. The molecule has 0 amide bonds. The van der Waals surface area contributed by atoms with Crippen molar-refractivity contribution in [1.29, 1.82) is 0 Å². The summed E-state index contributed by atoms with van der Waals surface area (Å²) in [4.78, 5) is 16.7. The first-order valence-corrected chi connectivity index (χ1v) is 15.9. The summed E-state index contributed by atoms with van der Waals surface area (Å²) in [5.41, 5.74) is 5.36. The number of benzene rings is 2. The molecule has 1 fully saturated rings. The molecule has 0 aliphatic heterocycles. The van der Waals surface area contributed by atoms with Crippen LogP contribution in [0.2, 0.25) is 10.2 Å². The predicted molar refractivity (Wildman–Crippen MR) is 173 cm³/mol. The summed E-state index contributed by atoms with van der Waals surface area (Å²) in [6.45, 7) is 3.67. The van der Waals surface area contributed by atoms with Gasteiger partial charge in [-0.1, -0.05) is 66.2 Å². The Balaban J connectivity index is 1.37. The van der Waals surface area contributed by atoms with E-state index in [0.29, 0.717) is 22.5 Å². The Kier molecular flexibility index (Phi) is 9.38. The van der Waals surface area contributed by atoms with Crippen LogP contribution in [0.1, 0.15) is 72.7 Å². The number of furan rings is 1. The molecule has 5 rings (SSSR count). The van der Waals surface area contributed by atoms with Crippen LogP contribution in [-0.2, 0) is 21.6 Å². The maximum atomic E-state index is 12.1. The fourth-order valence-electron chi connectivity index (χ4n) is 5.25.